The van der Waals surface area contributed by atoms with Crippen molar-refractivity contribution in [2.45, 2.75) is 25.7 Å². The maximum Gasteiger partial charge on any atom is 0.283 e. The summed E-state index contributed by atoms with van der Waals surface area (Å²) in [6.45, 7) is 3.70. The summed E-state index contributed by atoms with van der Waals surface area (Å²) in [5.41, 5.74) is -0.214. The number of benzene rings is 1. The van der Waals surface area contributed by atoms with Crippen molar-refractivity contribution in [3.63, 3.8) is 0 Å². The first-order valence-electron chi connectivity index (χ1n) is 7.52. The van der Waals surface area contributed by atoms with Gasteiger partial charge in [-0.25, -0.2) is 0 Å². The molecule has 120 valence electrons. The monoisotopic (exact) mass is 325 g/mol. The van der Waals surface area contributed by atoms with Crippen LogP contribution in [0, 0.1) is 10.1 Å². The quantitative estimate of drug-likeness (QED) is 0.496. The summed E-state index contributed by atoms with van der Waals surface area (Å²) in [5.74, 6) is -0.429. The SMILES string of the molecule is O=C(NCCCN1CCCCC1)c1ccc(Cl)cc1[N+](=O)[O-]. The molecular formula is C15H20ClN3O3. The molecule has 1 aliphatic heterocycles. The van der Waals surface area contributed by atoms with Gasteiger partial charge in [-0.2, -0.15) is 0 Å². The molecule has 1 amide bonds. The number of piperidine rings is 1. The average molecular weight is 326 g/mol. The fourth-order valence-corrected chi connectivity index (χ4v) is 2.80. The second-order valence-corrected chi connectivity index (χ2v) is 5.87. The first kappa shape index (κ1) is 16.7. The summed E-state index contributed by atoms with van der Waals surface area (Å²) in [5, 5.41) is 14.0. The summed E-state index contributed by atoms with van der Waals surface area (Å²) < 4.78 is 0. The highest BCUT2D eigenvalue weighted by Gasteiger charge is 2.20. The van der Waals surface area contributed by atoms with Gasteiger partial charge in [-0.15, -0.1) is 0 Å². The molecule has 0 spiro atoms. The highest BCUT2D eigenvalue weighted by Crippen LogP contribution is 2.23. The Kier molecular flexibility index (Phi) is 6.15. The van der Waals surface area contributed by atoms with Crippen molar-refractivity contribution in [3.8, 4) is 0 Å². The van der Waals surface area contributed by atoms with E-state index in [9.17, 15) is 14.9 Å². The third-order valence-electron chi connectivity index (χ3n) is 3.79. The lowest BCUT2D eigenvalue weighted by Crippen LogP contribution is -2.33. The normalized spacial score (nSPS) is 15.5. The topological polar surface area (TPSA) is 75.5 Å². The number of carbonyl (C=O) groups excluding carboxylic acids is 1. The number of hydrogen-bond donors (Lipinski definition) is 1. The molecule has 1 aromatic rings. The Hall–Kier alpha value is -1.66. The van der Waals surface area contributed by atoms with Crippen molar-refractivity contribution in [2.24, 2.45) is 0 Å². The van der Waals surface area contributed by atoms with Crippen LogP contribution in [0.3, 0.4) is 0 Å². The molecular weight excluding hydrogens is 306 g/mol. The van der Waals surface area contributed by atoms with E-state index in [-0.39, 0.29) is 16.3 Å². The second kappa shape index (κ2) is 8.10. The number of nitro benzene ring substituents is 1. The largest absolute Gasteiger partial charge is 0.352 e. The number of amides is 1. The van der Waals surface area contributed by atoms with E-state index >= 15 is 0 Å². The number of rotatable bonds is 6. The molecule has 2 rings (SSSR count). The van der Waals surface area contributed by atoms with E-state index in [1.54, 1.807) is 0 Å². The van der Waals surface area contributed by atoms with Crippen LogP contribution in [0.4, 0.5) is 5.69 Å². The van der Waals surface area contributed by atoms with E-state index in [4.69, 9.17) is 11.6 Å². The Balaban J connectivity index is 1.83. The number of nitrogens with one attached hydrogen (secondary N) is 1. The number of likely N-dealkylation sites (tertiary alicyclic amines) is 1. The fourth-order valence-electron chi connectivity index (χ4n) is 2.63. The van der Waals surface area contributed by atoms with Crippen LogP contribution in [-0.2, 0) is 0 Å². The lowest BCUT2D eigenvalue weighted by Gasteiger charge is -2.26. The summed E-state index contributed by atoms with van der Waals surface area (Å²) in [6.07, 6.45) is 4.62. The van der Waals surface area contributed by atoms with Crippen LogP contribution in [0.1, 0.15) is 36.0 Å². The summed E-state index contributed by atoms with van der Waals surface area (Å²) >= 11 is 5.74. The van der Waals surface area contributed by atoms with E-state index in [2.05, 4.69) is 10.2 Å². The summed E-state index contributed by atoms with van der Waals surface area (Å²) in [6, 6.07) is 4.07. The van der Waals surface area contributed by atoms with Crippen molar-refractivity contribution < 1.29 is 9.72 Å². The fraction of sp³-hybridized carbons (Fsp3) is 0.533. The van der Waals surface area contributed by atoms with Gasteiger partial charge in [0.1, 0.15) is 5.56 Å². The Labute approximate surface area is 134 Å². The third kappa shape index (κ3) is 4.68. The lowest BCUT2D eigenvalue weighted by atomic mass is 10.1. The molecule has 6 nitrogen and oxygen atoms in total. The summed E-state index contributed by atoms with van der Waals surface area (Å²) in [4.78, 5) is 24.8. The minimum absolute atomic E-state index is 0.0485. The van der Waals surface area contributed by atoms with E-state index in [0.717, 1.165) is 26.1 Å². The molecule has 1 N–H and O–H groups in total. The van der Waals surface area contributed by atoms with E-state index < -0.39 is 10.8 Å². The molecule has 0 bridgehead atoms. The number of nitrogens with zero attached hydrogens (tertiary/aromatic N) is 2. The van der Waals surface area contributed by atoms with Crippen LogP contribution < -0.4 is 5.32 Å². The van der Waals surface area contributed by atoms with Crippen LogP contribution in [0.2, 0.25) is 5.02 Å². The predicted molar refractivity (Wildman–Crippen MR) is 85.3 cm³/mol. The molecule has 1 fully saturated rings. The number of carbonyl (C=O) groups is 1. The smallest absolute Gasteiger partial charge is 0.283 e. The molecule has 0 atom stereocenters. The molecule has 0 radical (unpaired) electrons. The molecule has 0 unspecified atom stereocenters. The van der Waals surface area contributed by atoms with Gasteiger partial charge in [0.2, 0.25) is 0 Å². The molecule has 22 heavy (non-hydrogen) atoms. The van der Waals surface area contributed by atoms with Gasteiger partial charge in [-0.1, -0.05) is 18.0 Å². The second-order valence-electron chi connectivity index (χ2n) is 5.43. The lowest BCUT2D eigenvalue weighted by molar-refractivity contribution is -0.385. The van der Waals surface area contributed by atoms with E-state index in [1.165, 1.54) is 37.5 Å². The average Bonchev–Trinajstić information content (AvgIpc) is 2.52. The first-order chi connectivity index (χ1) is 10.6. The highest BCUT2D eigenvalue weighted by molar-refractivity contribution is 6.31. The zero-order valence-electron chi connectivity index (χ0n) is 12.4. The Bertz CT molecular complexity index is 545. The van der Waals surface area contributed by atoms with E-state index in [0.29, 0.717) is 6.54 Å². The van der Waals surface area contributed by atoms with Crippen LogP contribution in [0.5, 0.6) is 0 Å². The van der Waals surface area contributed by atoms with Gasteiger partial charge in [-0.05, 0) is 51.0 Å². The predicted octanol–water partition coefficient (Wildman–Crippen LogP) is 2.85. The van der Waals surface area contributed by atoms with E-state index in [1.807, 2.05) is 0 Å². The van der Waals surface area contributed by atoms with Gasteiger partial charge in [0.05, 0.1) is 4.92 Å². The Morgan fingerprint density at radius 2 is 2.05 bits per heavy atom. The molecule has 1 aromatic carbocycles. The minimum atomic E-state index is -0.589. The standard InChI is InChI=1S/C15H20ClN3O3/c16-12-5-6-13(14(11-12)19(21)22)15(20)17-7-4-10-18-8-2-1-3-9-18/h5-6,11H,1-4,7-10H2,(H,17,20). The minimum Gasteiger partial charge on any atom is -0.352 e. The maximum atomic E-state index is 12.1. The van der Waals surface area contributed by atoms with Crippen molar-refractivity contribution in [3.05, 3.63) is 38.9 Å². The van der Waals surface area contributed by atoms with Crippen LogP contribution in [0.15, 0.2) is 18.2 Å². The van der Waals surface area contributed by atoms with Gasteiger partial charge in [0, 0.05) is 17.6 Å². The van der Waals surface area contributed by atoms with Gasteiger partial charge < -0.3 is 10.2 Å². The first-order valence-corrected chi connectivity index (χ1v) is 7.90. The van der Waals surface area contributed by atoms with Crippen molar-refractivity contribution in [1.82, 2.24) is 10.2 Å². The molecule has 7 heteroatoms. The Morgan fingerprint density at radius 3 is 2.73 bits per heavy atom. The summed E-state index contributed by atoms with van der Waals surface area (Å²) in [7, 11) is 0. The number of halogens is 1. The molecule has 0 aromatic heterocycles. The number of hydrogen-bond acceptors (Lipinski definition) is 4. The molecule has 1 heterocycles. The van der Waals surface area contributed by atoms with Crippen molar-refractivity contribution in [2.75, 3.05) is 26.2 Å². The van der Waals surface area contributed by atoms with Crippen LogP contribution >= 0.6 is 11.6 Å². The molecule has 0 saturated carbocycles. The zero-order chi connectivity index (χ0) is 15.9. The van der Waals surface area contributed by atoms with Crippen LogP contribution in [-0.4, -0.2) is 41.9 Å². The zero-order valence-corrected chi connectivity index (χ0v) is 13.1. The van der Waals surface area contributed by atoms with Gasteiger partial charge >= 0.3 is 0 Å². The van der Waals surface area contributed by atoms with Crippen molar-refractivity contribution in [1.29, 1.82) is 0 Å². The highest BCUT2D eigenvalue weighted by atomic mass is 35.5. The van der Waals surface area contributed by atoms with Gasteiger partial charge in [-0.3, -0.25) is 14.9 Å². The number of nitro groups is 1. The van der Waals surface area contributed by atoms with Crippen molar-refractivity contribution >= 4 is 23.2 Å². The van der Waals surface area contributed by atoms with Gasteiger partial charge in [0.25, 0.3) is 11.6 Å². The Morgan fingerprint density at radius 1 is 1.32 bits per heavy atom. The van der Waals surface area contributed by atoms with Gasteiger partial charge in [0.15, 0.2) is 0 Å². The molecule has 1 saturated heterocycles. The molecule has 1 aliphatic rings. The van der Waals surface area contributed by atoms with Crippen LogP contribution in [0.25, 0.3) is 0 Å². The maximum absolute atomic E-state index is 12.1. The third-order valence-corrected chi connectivity index (χ3v) is 4.02. The molecule has 0 aliphatic carbocycles.